The molecule has 0 spiro atoms. The normalized spacial score (nSPS) is 20.7. The highest BCUT2D eigenvalue weighted by molar-refractivity contribution is 5.96. The van der Waals surface area contributed by atoms with Gasteiger partial charge in [-0.15, -0.1) is 0 Å². The molecule has 114 valence electrons. The number of ether oxygens (including phenoxy) is 1. The lowest BCUT2D eigenvalue weighted by Crippen LogP contribution is -2.34. The van der Waals surface area contributed by atoms with E-state index in [0.717, 1.165) is 51.1 Å². The molecule has 0 bridgehead atoms. The maximum absolute atomic E-state index is 12.0. The third kappa shape index (κ3) is 3.11. The highest BCUT2D eigenvalue weighted by Gasteiger charge is 2.26. The Morgan fingerprint density at radius 1 is 1.38 bits per heavy atom. The molecule has 2 aliphatic rings. The summed E-state index contributed by atoms with van der Waals surface area (Å²) in [6.07, 6.45) is 3.10. The van der Waals surface area contributed by atoms with Crippen LogP contribution in [0.25, 0.3) is 0 Å². The van der Waals surface area contributed by atoms with Gasteiger partial charge in [0.1, 0.15) is 0 Å². The molecule has 0 radical (unpaired) electrons. The summed E-state index contributed by atoms with van der Waals surface area (Å²) in [5, 5.41) is 6.54. The first kappa shape index (κ1) is 14.5. The van der Waals surface area contributed by atoms with Gasteiger partial charge in [0.2, 0.25) is 0 Å². The van der Waals surface area contributed by atoms with Crippen LogP contribution in [-0.4, -0.2) is 32.2 Å². The number of amides is 1. The van der Waals surface area contributed by atoms with Gasteiger partial charge in [0.05, 0.1) is 0 Å². The van der Waals surface area contributed by atoms with Crippen molar-refractivity contribution in [2.24, 2.45) is 5.92 Å². The third-order valence-corrected chi connectivity index (χ3v) is 4.58. The number of hydrogen-bond acceptors (Lipinski definition) is 3. The van der Waals surface area contributed by atoms with Crippen molar-refractivity contribution in [3.8, 4) is 0 Å². The Labute approximate surface area is 126 Å². The second kappa shape index (κ2) is 6.58. The molecule has 2 aliphatic heterocycles. The maximum atomic E-state index is 12.0. The number of nitrogens with one attached hydrogen (secondary N) is 2. The number of rotatable bonds is 4. The lowest BCUT2D eigenvalue weighted by atomic mass is 9.85. The van der Waals surface area contributed by atoms with Gasteiger partial charge in [-0.25, -0.2) is 0 Å². The molecule has 0 saturated carbocycles. The van der Waals surface area contributed by atoms with Crippen molar-refractivity contribution < 1.29 is 9.53 Å². The smallest absolute Gasteiger partial charge is 0.251 e. The zero-order valence-electron chi connectivity index (χ0n) is 12.7. The number of carbonyl (C=O) groups is 1. The van der Waals surface area contributed by atoms with E-state index >= 15 is 0 Å². The number of carbonyl (C=O) groups excluding carboxylic acids is 1. The molecule has 0 aliphatic carbocycles. The van der Waals surface area contributed by atoms with Gasteiger partial charge in [0.25, 0.3) is 5.91 Å². The van der Waals surface area contributed by atoms with E-state index in [0.29, 0.717) is 12.0 Å². The molecule has 1 aromatic carbocycles. The first-order valence-electron chi connectivity index (χ1n) is 8.01. The molecule has 1 aromatic rings. The molecule has 2 heterocycles. The van der Waals surface area contributed by atoms with Crippen molar-refractivity contribution in [1.29, 1.82) is 0 Å². The summed E-state index contributed by atoms with van der Waals surface area (Å²) >= 11 is 0. The summed E-state index contributed by atoms with van der Waals surface area (Å²) in [5.41, 5.74) is 3.26. The summed E-state index contributed by atoms with van der Waals surface area (Å²) in [6.45, 7) is 5.51. The van der Waals surface area contributed by atoms with Crippen molar-refractivity contribution >= 4 is 5.91 Å². The van der Waals surface area contributed by atoms with E-state index in [1.54, 1.807) is 0 Å². The van der Waals surface area contributed by atoms with E-state index in [4.69, 9.17) is 4.74 Å². The van der Waals surface area contributed by atoms with E-state index in [1.807, 2.05) is 0 Å². The first-order valence-corrected chi connectivity index (χ1v) is 8.01. The molecule has 1 saturated heterocycles. The minimum atomic E-state index is 0.0697. The minimum Gasteiger partial charge on any atom is -0.381 e. The summed E-state index contributed by atoms with van der Waals surface area (Å²) in [7, 11) is 0. The van der Waals surface area contributed by atoms with Crippen molar-refractivity contribution in [1.82, 2.24) is 10.6 Å². The Morgan fingerprint density at radius 3 is 2.95 bits per heavy atom. The van der Waals surface area contributed by atoms with Gasteiger partial charge in [-0.2, -0.15) is 0 Å². The van der Waals surface area contributed by atoms with Crippen LogP contribution in [0.5, 0.6) is 0 Å². The van der Waals surface area contributed by atoms with Gasteiger partial charge >= 0.3 is 0 Å². The van der Waals surface area contributed by atoms with Crippen molar-refractivity contribution in [3.63, 3.8) is 0 Å². The van der Waals surface area contributed by atoms with Crippen LogP contribution in [0.3, 0.4) is 0 Å². The van der Waals surface area contributed by atoms with Crippen molar-refractivity contribution in [2.45, 2.75) is 32.2 Å². The minimum absolute atomic E-state index is 0.0697. The lowest BCUT2D eigenvalue weighted by Gasteiger charge is -2.32. The number of fused-ring (bicyclic) bond motifs is 1. The van der Waals surface area contributed by atoms with Gasteiger partial charge in [-0.05, 0) is 48.9 Å². The largest absolute Gasteiger partial charge is 0.381 e. The summed E-state index contributed by atoms with van der Waals surface area (Å²) < 4.78 is 5.48. The van der Waals surface area contributed by atoms with Gasteiger partial charge in [0.15, 0.2) is 0 Å². The Morgan fingerprint density at radius 2 is 2.19 bits per heavy atom. The fraction of sp³-hybridized carbons (Fsp3) is 0.588. The molecule has 3 rings (SSSR count). The molecule has 1 amide bonds. The van der Waals surface area contributed by atoms with Crippen LogP contribution in [0.4, 0.5) is 0 Å². The Bertz CT molecular complexity index is 510. The highest BCUT2D eigenvalue weighted by Crippen LogP contribution is 2.31. The fourth-order valence-electron chi connectivity index (χ4n) is 3.45. The SMILES string of the molecule is CCNC(c1ccc2c(c1)C(=O)NCC2)C1CCOCC1. The van der Waals surface area contributed by atoms with Crippen LogP contribution in [-0.2, 0) is 11.2 Å². The first-order chi connectivity index (χ1) is 10.3. The van der Waals surface area contributed by atoms with E-state index in [9.17, 15) is 4.79 Å². The fourth-order valence-corrected chi connectivity index (χ4v) is 3.45. The molecule has 4 nitrogen and oxygen atoms in total. The van der Waals surface area contributed by atoms with Crippen LogP contribution in [0.15, 0.2) is 18.2 Å². The zero-order valence-corrected chi connectivity index (χ0v) is 12.7. The summed E-state index contributed by atoms with van der Waals surface area (Å²) in [5.74, 6) is 0.656. The van der Waals surface area contributed by atoms with E-state index < -0.39 is 0 Å². The third-order valence-electron chi connectivity index (χ3n) is 4.58. The van der Waals surface area contributed by atoms with Gasteiger partial charge in [0, 0.05) is 31.4 Å². The van der Waals surface area contributed by atoms with Crippen LogP contribution in [0.1, 0.15) is 47.3 Å². The molecular weight excluding hydrogens is 264 g/mol. The molecule has 1 unspecified atom stereocenters. The molecule has 1 atom stereocenters. The number of benzene rings is 1. The second-order valence-electron chi connectivity index (χ2n) is 5.91. The maximum Gasteiger partial charge on any atom is 0.251 e. The van der Waals surface area contributed by atoms with Gasteiger partial charge in [-0.3, -0.25) is 4.79 Å². The Hall–Kier alpha value is -1.39. The molecule has 2 N–H and O–H groups in total. The predicted octanol–water partition coefficient (Wildman–Crippen LogP) is 2.05. The number of hydrogen-bond donors (Lipinski definition) is 2. The van der Waals surface area contributed by atoms with E-state index in [2.05, 4.69) is 35.8 Å². The van der Waals surface area contributed by atoms with Crippen molar-refractivity contribution in [2.75, 3.05) is 26.3 Å². The monoisotopic (exact) mass is 288 g/mol. The lowest BCUT2D eigenvalue weighted by molar-refractivity contribution is 0.0538. The van der Waals surface area contributed by atoms with Crippen LogP contribution in [0.2, 0.25) is 0 Å². The van der Waals surface area contributed by atoms with Gasteiger partial charge in [-0.1, -0.05) is 19.1 Å². The van der Waals surface area contributed by atoms with Crippen molar-refractivity contribution in [3.05, 3.63) is 34.9 Å². The predicted molar refractivity (Wildman–Crippen MR) is 82.4 cm³/mol. The second-order valence-corrected chi connectivity index (χ2v) is 5.91. The standard InChI is InChI=1S/C17H24N2O2/c1-2-18-16(13-6-9-21-10-7-13)14-4-3-12-5-8-19-17(20)15(12)11-14/h3-4,11,13,16,18H,2,5-10H2,1H3,(H,19,20). The molecule has 21 heavy (non-hydrogen) atoms. The quantitative estimate of drug-likeness (QED) is 0.891. The van der Waals surface area contributed by atoms with Crippen LogP contribution < -0.4 is 10.6 Å². The van der Waals surface area contributed by atoms with Crippen LogP contribution >= 0.6 is 0 Å². The topological polar surface area (TPSA) is 50.4 Å². The molecular formula is C17H24N2O2. The van der Waals surface area contributed by atoms with E-state index in [-0.39, 0.29) is 5.91 Å². The molecule has 1 fully saturated rings. The summed E-state index contributed by atoms with van der Waals surface area (Å²) in [6, 6.07) is 6.74. The average Bonchev–Trinajstić information content (AvgIpc) is 2.54. The Balaban J connectivity index is 1.88. The van der Waals surface area contributed by atoms with Gasteiger partial charge < -0.3 is 15.4 Å². The molecule has 0 aromatic heterocycles. The highest BCUT2D eigenvalue weighted by atomic mass is 16.5. The zero-order chi connectivity index (χ0) is 14.7. The van der Waals surface area contributed by atoms with Crippen LogP contribution in [0, 0.1) is 5.92 Å². The average molecular weight is 288 g/mol. The Kier molecular flexibility index (Phi) is 4.56. The summed E-state index contributed by atoms with van der Waals surface area (Å²) in [4.78, 5) is 12.0. The molecule has 4 heteroatoms. The van der Waals surface area contributed by atoms with E-state index in [1.165, 1.54) is 11.1 Å².